The quantitative estimate of drug-likeness (QED) is 0.546. The lowest BCUT2D eigenvalue weighted by atomic mass is 9.92. The van der Waals surface area contributed by atoms with E-state index in [-0.39, 0.29) is 6.04 Å². The number of fused-ring (bicyclic) bond motifs is 1. The van der Waals surface area contributed by atoms with Crippen LogP contribution >= 0.6 is 11.6 Å². The number of hydrogen-bond acceptors (Lipinski definition) is 3. The zero-order valence-corrected chi connectivity index (χ0v) is 17.3. The van der Waals surface area contributed by atoms with Gasteiger partial charge in [0.15, 0.2) is 0 Å². The number of halogens is 1. The SMILES string of the molecule is C[C@H]1CCc2c(ccc(-c3cnn(C4CC4)c3)c2Oc2ccc(Cl)cc2)N1C(=O)O. The first kappa shape index (κ1) is 19.0. The maximum atomic E-state index is 11.9. The second-order valence-electron chi connectivity index (χ2n) is 7.98. The molecule has 7 heteroatoms. The monoisotopic (exact) mass is 423 g/mol. The number of carboxylic acid groups (broad SMARTS) is 1. The summed E-state index contributed by atoms with van der Waals surface area (Å²) in [5.41, 5.74) is 3.47. The molecule has 5 rings (SSSR count). The maximum absolute atomic E-state index is 11.9. The molecule has 1 aromatic heterocycles. The van der Waals surface area contributed by atoms with Crippen LogP contribution in [0.2, 0.25) is 5.02 Å². The number of carbonyl (C=O) groups is 1. The number of nitrogens with zero attached hydrogens (tertiary/aromatic N) is 3. The molecule has 2 heterocycles. The minimum absolute atomic E-state index is 0.0816. The van der Waals surface area contributed by atoms with Gasteiger partial charge in [0, 0.05) is 34.0 Å². The summed E-state index contributed by atoms with van der Waals surface area (Å²) in [6.07, 6.45) is 6.75. The van der Waals surface area contributed by atoms with Gasteiger partial charge in [-0.15, -0.1) is 0 Å². The van der Waals surface area contributed by atoms with Gasteiger partial charge in [0.25, 0.3) is 0 Å². The summed E-state index contributed by atoms with van der Waals surface area (Å²) in [6.45, 7) is 1.93. The topological polar surface area (TPSA) is 67.6 Å². The van der Waals surface area contributed by atoms with Crippen LogP contribution in [0.15, 0.2) is 48.8 Å². The van der Waals surface area contributed by atoms with Crippen LogP contribution in [-0.2, 0) is 6.42 Å². The smallest absolute Gasteiger partial charge is 0.412 e. The van der Waals surface area contributed by atoms with Gasteiger partial charge in [-0.3, -0.25) is 9.58 Å². The molecule has 2 aromatic carbocycles. The van der Waals surface area contributed by atoms with E-state index < -0.39 is 6.09 Å². The standard InChI is InChI=1S/C23H22ClN3O3/c1-14-2-9-20-21(27(14)23(28)29)11-10-19(15-12-25-26(13-15)17-5-6-17)22(20)30-18-7-3-16(24)4-8-18/h3-4,7-8,10-14,17H,2,5-6,9H2,1H3,(H,28,29)/t14-/m0/s1. The molecular formula is C23H22ClN3O3. The van der Waals surface area contributed by atoms with Crippen LogP contribution < -0.4 is 9.64 Å². The van der Waals surface area contributed by atoms with Crippen molar-refractivity contribution in [1.82, 2.24) is 9.78 Å². The summed E-state index contributed by atoms with van der Waals surface area (Å²) in [6, 6.07) is 11.4. The van der Waals surface area contributed by atoms with Gasteiger partial charge in [0.05, 0.1) is 17.9 Å². The van der Waals surface area contributed by atoms with Crippen LogP contribution in [0.4, 0.5) is 10.5 Å². The van der Waals surface area contributed by atoms with Crippen molar-refractivity contribution in [2.75, 3.05) is 4.90 Å². The Morgan fingerprint density at radius 2 is 1.93 bits per heavy atom. The van der Waals surface area contributed by atoms with Crippen molar-refractivity contribution in [3.05, 3.63) is 59.4 Å². The third-order valence-corrected chi connectivity index (χ3v) is 6.07. The molecule has 0 unspecified atom stereocenters. The zero-order chi connectivity index (χ0) is 20.8. The van der Waals surface area contributed by atoms with Crippen LogP contribution in [0.3, 0.4) is 0 Å². The molecule has 1 aliphatic heterocycles. The van der Waals surface area contributed by atoms with Crippen molar-refractivity contribution in [2.24, 2.45) is 0 Å². The molecule has 0 bridgehead atoms. The first-order valence-corrected chi connectivity index (χ1v) is 10.5. The Kier molecular flexibility index (Phi) is 4.66. The summed E-state index contributed by atoms with van der Waals surface area (Å²) in [7, 11) is 0. The minimum Gasteiger partial charge on any atom is -0.465 e. The van der Waals surface area contributed by atoms with Gasteiger partial charge >= 0.3 is 6.09 Å². The van der Waals surface area contributed by atoms with E-state index in [4.69, 9.17) is 16.3 Å². The van der Waals surface area contributed by atoms with Gasteiger partial charge < -0.3 is 9.84 Å². The van der Waals surface area contributed by atoms with Crippen molar-refractivity contribution >= 4 is 23.4 Å². The predicted molar refractivity (Wildman–Crippen MR) is 116 cm³/mol. The number of anilines is 1. The summed E-state index contributed by atoms with van der Waals surface area (Å²) in [4.78, 5) is 13.4. The molecule has 1 saturated carbocycles. The Balaban J connectivity index is 1.64. The molecule has 1 amide bonds. The molecular weight excluding hydrogens is 402 g/mol. The number of amides is 1. The Bertz CT molecular complexity index is 1110. The molecule has 1 aliphatic carbocycles. The largest absolute Gasteiger partial charge is 0.465 e. The van der Waals surface area contributed by atoms with Crippen molar-refractivity contribution < 1.29 is 14.6 Å². The van der Waals surface area contributed by atoms with Gasteiger partial charge in [-0.05, 0) is 69.0 Å². The maximum Gasteiger partial charge on any atom is 0.412 e. The van der Waals surface area contributed by atoms with Crippen LogP contribution in [-0.4, -0.2) is 27.0 Å². The Morgan fingerprint density at radius 3 is 2.63 bits per heavy atom. The van der Waals surface area contributed by atoms with Crippen LogP contribution in [0.5, 0.6) is 11.5 Å². The molecule has 154 valence electrons. The average molecular weight is 424 g/mol. The van der Waals surface area contributed by atoms with Crippen LogP contribution in [0.1, 0.15) is 37.8 Å². The highest BCUT2D eigenvalue weighted by Gasteiger charge is 2.32. The molecule has 0 spiro atoms. The van der Waals surface area contributed by atoms with Gasteiger partial charge in [0.1, 0.15) is 11.5 Å². The van der Waals surface area contributed by atoms with E-state index in [0.29, 0.717) is 28.3 Å². The predicted octanol–water partition coefficient (Wildman–Crippen LogP) is 6.15. The number of ether oxygens (including phenoxy) is 1. The highest BCUT2D eigenvalue weighted by atomic mass is 35.5. The van der Waals surface area contributed by atoms with E-state index in [1.165, 1.54) is 4.90 Å². The highest BCUT2D eigenvalue weighted by Crippen LogP contribution is 2.45. The fourth-order valence-electron chi connectivity index (χ4n) is 4.08. The minimum atomic E-state index is -0.949. The molecule has 30 heavy (non-hydrogen) atoms. The van der Waals surface area contributed by atoms with Crippen LogP contribution in [0, 0.1) is 0 Å². The Morgan fingerprint density at radius 1 is 1.17 bits per heavy atom. The fourth-order valence-corrected chi connectivity index (χ4v) is 4.20. The molecule has 1 fully saturated rings. The van der Waals surface area contributed by atoms with Gasteiger partial charge in [-0.25, -0.2) is 4.79 Å². The first-order chi connectivity index (χ1) is 14.5. The highest BCUT2D eigenvalue weighted by molar-refractivity contribution is 6.30. The normalized spacial score (nSPS) is 18.2. The summed E-state index contributed by atoms with van der Waals surface area (Å²) in [5, 5.41) is 14.9. The third-order valence-electron chi connectivity index (χ3n) is 5.82. The van der Waals surface area contributed by atoms with Gasteiger partial charge in [-0.1, -0.05) is 11.6 Å². The number of rotatable bonds is 4. The van der Waals surface area contributed by atoms with E-state index in [2.05, 4.69) is 11.3 Å². The number of benzene rings is 2. The second-order valence-corrected chi connectivity index (χ2v) is 8.41. The Hall–Kier alpha value is -2.99. The van der Waals surface area contributed by atoms with E-state index >= 15 is 0 Å². The summed E-state index contributed by atoms with van der Waals surface area (Å²) in [5.74, 6) is 1.34. The molecule has 3 aromatic rings. The van der Waals surface area contributed by atoms with Gasteiger partial charge in [-0.2, -0.15) is 5.10 Å². The Labute approximate surface area is 179 Å². The lowest BCUT2D eigenvalue weighted by Gasteiger charge is -2.34. The molecule has 1 N–H and O–H groups in total. The summed E-state index contributed by atoms with van der Waals surface area (Å²) < 4.78 is 8.36. The zero-order valence-electron chi connectivity index (χ0n) is 16.6. The van der Waals surface area contributed by atoms with Crippen molar-refractivity contribution in [3.8, 4) is 22.6 Å². The molecule has 1 atom stereocenters. The number of hydrogen-bond donors (Lipinski definition) is 1. The van der Waals surface area contributed by atoms with E-state index in [9.17, 15) is 9.90 Å². The van der Waals surface area contributed by atoms with E-state index in [0.717, 1.165) is 42.4 Å². The molecule has 0 saturated heterocycles. The van der Waals surface area contributed by atoms with Crippen molar-refractivity contribution in [3.63, 3.8) is 0 Å². The van der Waals surface area contributed by atoms with E-state index in [1.54, 1.807) is 12.1 Å². The first-order valence-electron chi connectivity index (χ1n) is 10.2. The van der Waals surface area contributed by atoms with Crippen LogP contribution in [0.25, 0.3) is 11.1 Å². The molecule has 0 radical (unpaired) electrons. The number of aromatic nitrogens is 2. The average Bonchev–Trinajstić information content (AvgIpc) is 3.46. The lowest BCUT2D eigenvalue weighted by Crippen LogP contribution is -2.41. The van der Waals surface area contributed by atoms with Gasteiger partial charge in [0.2, 0.25) is 0 Å². The second kappa shape index (κ2) is 7.36. The third kappa shape index (κ3) is 3.41. The molecule has 2 aliphatic rings. The molecule has 6 nitrogen and oxygen atoms in total. The van der Waals surface area contributed by atoms with Crippen molar-refractivity contribution in [2.45, 2.75) is 44.7 Å². The lowest BCUT2D eigenvalue weighted by molar-refractivity contribution is 0.198. The van der Waals surface area contributed by atoms with E-state index in [1.807, 2.05) is 42.1 Å². The summed E-state index contributed by atoms with van der Waals surface area (Å²) >= 11 is 6.03. The fraction of sp³-hybridized carbons (Fsp3) is 0.304. The van der Waals surface area contributed by atoms with Crippen molar-refractivity contribution in [1.29, 1.82) is 0 Å².